The molecule has 1 unspecified atom stereocenters. The largest absolute Gasteiger partial charge is 0.493 e. The molecule has 3 amide bonds. The van der Waals surface area contributed by atoms with E-state index in [4.69, 9.17) is 52.9 Å². The quantitative estimate of drug-likeness (QED) is 0.0704. The van der Waals surface area contributed by atoms with Crippen molar-refractivity contribution in [2.75, 3.05) is 100 Å². The van der Waals surface area contributed by atoms with Crippen LogP contribution in [-0.2, 0) is 37.0 Å². The van der Waals surface area contributed by atoms with Gasteiger partial charge in [0.15, 0.2) is 23.0 Å². The van der Waals surface area contributed by atoms with Crippen molar-refractivity contribution >= 4 is 47.3 Å². The number of carbonyl (C=O) groups is 4. The van der Waals surface area contributed by atoms with Gasteiger partial charge in [0, 0.05) is 75.7 Å². The molecule has 19 heteroatoms. The van der Waals surface area contributed by atoms with Crippen molar-refractivity contribution in [2.45, 2.75) is 71.8 Å². The number of rotatable bonds is 27. The summed E-state index contributed by atoms with van der Waals surface area (Å²) in [6.45, 7) is 9.97. The number of Topliss-reactive ketones (excluding diaryl/α,β-unsaturated/α-hetero) is 1. The monoisotopic (exact) mass is 993 g/mol. The van der Waals surface area contributed by atoms with Gasteiger partial charge in [-0.15, -0.1) is 0 Å². The Morgan fingerprint density at radius 2 is 1.17 bits per heavy atom. The van der Waals surface area contributed by atoms with Crippen molar-refractivity contribution in [2.24, 2.45) is 9.98 Å². The Kier molecular flexibility index (Phi) is 19.3. The average Bonchev–Trinajstić information content (AvgIpc) is 3.96. The number of fused-ring (bicyclic) bond motifs is 4. The van der Waals surface area contributed by atoms with Crippen molar-refractivity contribution in [3.63, 3.8) is 0 Å². The maximum Gasteiger partial charge on any atom is 0.257 e. The first-order valence-corrected chi connectivity index (χ1v) is 24.5. The molecule has 19 nitrogen and oxygen atoms in total. The molecule has 3 aromatic rings. The molecule has 2 fully saturated rings. The number of methoxy groups -OCH3 is 2. The van der Waals surface area contributed by atoms with Crippen molar-refractivity contribution in [3.05, 3.63) is 82.2 Å². The summed E-state index contributed by atoms with van der Waals surface area (Å²) in [5.74, 6) is 1.70. The Balaban J connectivity index is 1.06. The van der Waals surface area contributed by atoms with Crippen molar-refractivity contribution in [1.29, 1.82) is 0 Å². The summed E-state index contributed by atoms with van der Waals surface area (Å²) in [5, 5.41) is 3.04. The molecule has 2 aromatic carbocycles. The van der Waals surface area contributed by atoms with E-state index in [9.17, 15) is 19.2 Å². The van der Waals surface area contributed by atoms with Gasteiger partial charge in [0.2, 0.25) is 5.91 Å². The molecule has 0 radical (unpaired) electrons. The van der Waals surface area contributed by atoms with Crippen molar-refractivity contribution < 1.29 is 57.1 Å². The van der Waals surface area contributed by atoms with E-state index >= 15 is 0 Å². The second kappa shape index (κ2) is 26.1. The van der Waals surface area contributed by atoms with Crippen LogP contribution < -0.4 is 29.0 Å². The van der Waals surface area contributed by atoms with Gasteiger partial charge in [0.1, 0.15) is 31.4 Å². The number of pyridine rings is 1. The number of nitrogens with zero attached hydrogens (tertiary/aromatic N) is 6. The third kappa shape index (κ3) is 13.8. The van der Waals surface area contributed by atoms with Gasteiger partial charge in [-0.1, -0.05) is 23.3 Å². The molecule has 7 rings (SSSR count). The highest BCUT2D eigenvalue weighted by Gasteiger charge is 2.36. The summed E-state index contributed by atoms with van der Waals surface area (Å²) < 4.78 is 47.3. The number of aliphatic imine (C=N–C) groups is 2. The zero-order chi connectivity index (χ0) is 51.0. The van der Waals surface area contributed by atoms with Gasteiger partial charge in [0.05, 0.1) is 106 Å². The molecule has 0 saturated carbocycles. The molecule has 0 spiro atoms. The van der Waals surface area contributed by atoms with E-state index in [1.807, 2.05) is 48.2 Å². The Hall–Kier alpha value is -6.67. The summed E-state index contributed by atoms with van der Waals surface area (Å²) in [4.78, 5) is 71.6. The summed E-state index contributed by atoms with van der Waals surface area (Å²) in [7, 11) is 4.83. The van der Waals surface area contributed by atoms with E-state index in [-0.39, 0.29) is 62.0 Å². The Morgan fingerprint density at radius 1 is 0.667 bits per heavy atom. The molecular formula is C53H67N7O12. The molecule has 1 aromatic heterocycles. The maximum atomic E-state index is 13.7. The third-order valence-electron chi connectivity index (χ3n) is 12.7. The van der Waals surface area contributed by atoms with Crippen LogP contribution in [0.2, 0.25) is 0 Å². The second-order valence-corrected chi connectivity index (χ2v) is 17.6. The highest BCUT2D eigenvalue weighted by Crippen LogP contribution is 2.41. The lowest BCUT2D eigenvalue weighted by Crippen LogP contribution is -2.38. The number of amides is 3. The van der Waals surface area contributed by atoms with Crippen molar-refractivity contribution in [3.8, 4) is 28.7 Å². The van der Waals surface area contributed by atoms with E-state index in [1.165, 1.54) is 32.3 Å². The highest BCUT2D eigenvalue weighted by atomic mass is 16.5. The molecule has 2 saturated heterocycles. The lowest BCUT2D eigenvalue weighted by molar-refractivity contribution is -0.132. The van der Waals surface area contributed by atoms with E-state index in [1.54, 1.807) is 48.3 Å². The Bertz CT molecular complexity index is 2410. The SMILES string of the molecule is C/C=C1\CC2C=Nc3cc(OCc4cc(OCCN(CCOCCOCCOCCC(C)=O)C(=O)CCNC)cc(COc5cc6c(cc5OC)C(=O)N5C/C(=C/C)C[C@H]5C=N6)n4)c(OC)cc3C(=O)N2C1. The second-order valence-electron chi connectivity index (χ2n) is 17.6. The van der Waals surface area contributed by atoms with E-state index in [0.717, 1.165) is 12.8 Å². The number of allylic oxidation sites excluding steroid dienone is 2. The molecule has 0 aliphatic carbocycles. The standard InChI is InChI=1S/C53H67N7O12/c1-7-36-21-40-29-55-45-27-49(47(65-5)25-43(45)52(63)59(40)31-36)71-33-38-23-42(70-16-13-58(51(62)9-11-54-4)12-15-68-18-20-69-19-17-67-14-10-35(3)61)24-39(57-38)34-72-50-28-46-44(26-48(50)66-6)53(64)60-32-37(8-2)22-41(60)30-56-46/h7-8,23-30,40-41,54H,9-22,31-34H2,1-6H3/b36-7+,37-8+/t40-,41?/m0/s1. The van der Waals surface area contributed by atoms with Crippen LogP contribution in [0.25, 0.3) is 0 Å². The maximum absolute atomic E-state index is 13.7. The number of hydrogen-bond donors (Lipinski definition) is 1. The zero-order valence-electron chi connectivity index (χ0n) is 42.2. The topological polar surface area (TPSA) is 201 Å². The van der Waals surface area contributed by atoms with Gasteiger partial charge in [-0.3, -0.25) is 34.1 Å². The van der Waals surface area contributed by atoms with Gasteiger partial charge < -0.3 is 57.9 Å². The van der Waals surface area contributed by atoms with Crippen LogP contribution in [0, 0.1) is 0 Å². The van der Waals surface area contributed by atoms with Gasteiger partial charge in [-0.05, 0) is 52.8 Å². The molecule has 1 N–H and O–H groups in total. The van der Waals surface area contributed by atoms with E-state index in [0.29, 0.717) is 141 Å². The highest BCUT2D eigenvalue weighted by molar-refractivity contribution is 6.05. The number of ketones is 1. The zero-order valence-corrected chi connectivity index (χ0v) is 42.2. The number of benzene rings is 2. The van der Waals surface area contributed by atoms with Gasteiger partial charge in [0.25, 0.3) is 11.8 Å². The minimum absolute atomic E-state index is 0.0232. The minimum atomic E-state index is -0.135. The van der Waals surface area contributed by atoms with Crippen LogP contribution >= 0.6 is 0 Å². The molecule has 72 heavy (non-hydrogen) atoms. The molecule has 2 atom stereocenters. The lowest BCUT2D eigenvalue weighted by Gasteiger charge is -2.23. The fourth-order valence-electron chi connectivity index (χ4n) is 8.64. The minimum Gasteiger partial charge on any atom is -0.493 e. The number of carbonyl (C=O) groups excluding carboxylic acids is 4. The first kappa shape index (κ1) is 53.1. The fourth-order valence-corrected chi connectivity index (χ4v) is 8.64. The van der Waals surface area contributed by atoms with Crippen LogP contribution in [0.4, 0.5) is 11.4 Å². The number of aromatic nitrogens is 1. The fraction of sp³-hybridized carbons (Fsp3) is 0.491. The van der Waals surface area contributed by atoms with Crippen LogP contribution in [0.1, 0.15) is 78.6 Å². The van der Waals surface area contributed by atoms with E-state index in [2.05, 4.69) is 5.32 Å². The number of hydrogen-bond acceptors (Lipinski definition) is 16. The number of ether oxygens (including phenoxy) is 8. The first-order chi connectivity index (χ1) is 35.0. The van der Waals surface area contributed by atoms with Crippen LogP contribution in [0.15, 0.2) is 69.7 Å². The van der Waals surface area contributed by atoms with Gasteiger partial charge in [-0.2, -0.15) is 0 Å². The van der Waals surface area contributed by atoms with Crippen LogP contribution in [0.5, 0.6) is 28.7 Å². The van der Waals surface area contributed by atoms with E-state index < -0.39 is 0 Å². The number of nitrogens with one attached hydrogen (secondary N) is 1. The van der Waals surface area contributed by atoms with Crippen LogP contribution in [-0.4, -0.2) is 168 Å². The summed E-state index contributed by atoms with van der Waals surface area (Å²) >= 11 is 0. The first-order valence-electron chi connectivity index (χ1n) is 24.5. The summed E-state index contributed by atoms with van der Waals surface area (Å²) in [6, 6.07) is 10.00. The lowest BCUT2D eigenvalue weighted by atomic mass is 10.1. The molecular weight excluding hydrogens is 927 g/mol. The van der Waals surface area contributed by atoms with Crippen LogP contribution in [0.3, 0.4) is 0 Å². The van der Waals surface area contributed by atoms with Gasteiger partial charge in [-0.25, -0.2) is 0 Å². The average molecular weight is 994 g/mol. The predicted molar refractivity (Wildman–Crippen MR) is 270 cm³/mol. The normalized spacial score (nSPS) is 17.9. The Labute approximate surface area is 421 Å². The molecule has 4 aliphatic heterocycles. The summed E-state index contributed by atoms with van der Waals surface area (Å²) in [5.41, 5.74) is 5.16. The molecule has 0 bridgehead atoms. The predicted octanol–water partition coefficient (Wildman–Crippen LogP) is 5.86. The molecule has 4 aliphatic rings. The summed E-state index contributed by atoms with van der Waals surface area (Å²) in [6.07, 6.45) is 9.87. The Morgan fingerprint density at radius 3 is 1.65 bits per heavy atom. The molecule has 386 valence electrons. The smallest absolute Gasteiger partial charge is 0.257 e. The van der Waals surface area contributed by atoms with Crippen molar-refractivity contribution in [1.82, 2.24) is 25.0 Å². The third-order valence-corrected chi connectivity index (χ3v) is 12.7. The molecule has 5 heterocycles. The van der Waals surface area contributed by atoms with Gasteiger partial charge >= 0.3 is 0 Å².